The van der Waals surface area contributed by atoms with E-state index in [9.17, 15) is 9.50 Å². The van der Waals surface area contributed by atoms with Crippen molar-refractivity contribution in [2.24, 2.45) is 5.92 Å². The molecular formula is C14H20FNO2. The molecule has 0 bridgehead atoms. The molecule has 0 spiro atoms. The molecule has 3 nitrogen and oxygen atoms in total. The number of rotatable bonds is 4. The lowest BCUT2D eigenvalue weighted by Crippen LogP contribution is -2.24. The van der Waals surface area contributed by atoms with Crippen molar-refractivity contribution in [2.75, 3.05) is 20.2 Å². The molecule has 18 heavy (non-hydrogen) atoms. The molecule has 1 fully saturated rings. The van der Waals surface area contributed by atoms with E-state index in [4.69, 9.17) is 4.74 Å². The van der Waals surface area contributed by atoms with E-state index in [0.717, 1.165) is 31.6 Å². The van der Waals surface area contributed by atoms with Crippen molar-refractivity contribution >= 4 is 0 Å². The minimum Gasteiger partial charge on any atom is -0.494 e. The second kappa shape index (κ2) is 5.67. The number of ether oxygens (including phenoxy) is 1. The Hall–Kier alpha value is -1.13. The quantitative estimate of drug-likeness (QED) is 0.891. The van der Waals surface area contributed by atoms with Gasteiger partial charge in [-0.25, -0.2) is 4.39 Å². The summed E-state index contributed by atoms with van der Waals surface area (Å²) < 4.78 is 18.4. The molecule has 1 aliphatic heterocycles. The normalized spacial score (nSPS) is 22.1. The van der Waals surface area contributed by atoms with Crippen LogP contribution in [-0.4, -0.2) is 36.3 Å². The molecule has 2 atom stereocenters. The summed E-state index contributed by atoms with van der Waals surface area (Å²) in [6.07, 6.45) is 0.749. The van der Waals surface area contributed by atoms with Crippen molar-refractivity contribution in [2.45, 2.75) is 26.0 Å². The highest BCUT2D eigenvalue weighted by Crippen LogP contribution is 2.23. The van der Waals surface area contributed by atoms with Crippen LogP contribution in [0, 0.1) is 11.7 Å². The highest BCUT2D eigenvalue weighted by atomic mass is 19.1. The van der Waals surface area contributed by atoms with Crippen molar-refractivity contribution < 1.29 is 14.2 Å². The fourth-order valence-corrected chi connectivity index (χ4v) is 2.47. The Morgan fingerprint density at radius 2 is 2.33 bits per heavy atom. The van der Waals surface area contributed by atoms with Gasteiger partial charge in [0.2, 0.25) is 0 Å². The topological polar surface area (TPSA) is 32.7 Å². The molecule has 4 heteroatoms. The maximum absolute atomic E-state index is 13.5. The molecule has 2 rings (SSSR count). The summed E-state index contributed by atoms with van der Waals surface area (Å²) in [6, 6.07) is 5.07. The molecule has 0 aromatic heterocycles. The second-order valence-corrected chi connectivity index (χ2v) is 4.99. The van der Waals surface area contributed by atoms with Crippen molar-refractivity contribution in [3.63, 3.8) is 0 Å². The summed E-state index contributed by atoms with van der Waals surface area (Å²) in [4.78, 5) is 2.25. The maximum Gasteiger partial charge on any atom is 0.165 e. The van der Waals surface area contributed by atoms with E-state index in [-0.39, 0.29) is 17.7 Å². The molecule has 1 saturated heterocycles. The van der Waals surface area contributed by atoms with Gasteiger partial charge in [-0.15, -0.1) is 0 Å². The van der Waals surface area contributed by atoms with Crippen LogP contribution in [0.4, 0.5) is 4.39 Å². The molecular weight excluding hydrogens is 233 g/mol. The SMILES string of the molecule is COc1ccc(CN2CCC(C(C)O)C2)cc1F. The highest BCUT2D eigenvalue weighted by molar-refractivity contribution is 5.29. The molecule has 0 radical (unpaired) electrons. The zero-order valence-electron chi connectivity index (χ0n) is 10.9. The Morgan fingerprint density at radius 3 is 2.89 bits per heavy atom. The summed E-state index contributed by atoms with van der Waals surface area (Å²) in [6.45, 7) is 4.40. The first-order valence-corrected chi connectivity index (χ1v) is 6.33. The predicted molar refractivity (Wildman–Crippen MR) is 68.0 cm³/mol. The molecule has 100 valence electrons. The van der Waals surface area contributed by atoms with Gasteiger partial charge in [0.25, 0.3) is 0 Å². The fourth-order valence-electron chi connectivity index (χ4n) is 2.47. The highest BCUT2D eigenvalue weighted by Gasteiger charge is 2.25. The number of aliphatic hydroxyl groups excluding tert-OH is 1. The van der Waals surface area contributed by atoms with Gasteiger partial charge in [0.15, 0.2) is 11.6 Å². The molecule has 1 heterocycles. The Morgan fingerprint density at radius 1 is 1.56 bits per heavy atom. The lowest BCUT2D eigenvalue weighted by Gasteiger charge is -2.17. The number of nitrogens with zero attached hydrogens (tertiary/aromatic N) is 1. The van der Waals surface area contributed by atoms with Crippen molar-refractivity contribution in [3.05, 3.63) is 29.6 Å². The van der Waals surface area contributed by atoms with E-state index in [1.165, 1.54) is 13.2 Å². The third-order valence-corrected chi connectivity index (χ3v) is 3.61. The minimum atomic E-state index is -0.318. The van der Waals surface area contributed by atoms with Gasteiger partial charge in [-0.3, -0.25) is 4.90 Å². The van der Waals surface area contributed by atoms with Gasteiger partial charge < -0.3 is 9.84 Å². The van der Waals surface area contributed by atoms with Gasteiger partial charge in [-0.1, -0.05) is 6.07 Å². The Labute approximate surface area is 107 Å². The third kappa shape index (κ3) is 3.00. The molecule has 1 N–H and O–H groups in total. The molecule has 1 aliphatic rings. The van der Waals surface area contributed by atoms with Crippen LogP contribution in [0.3, 0.4) is 0 Å². The summed E-state index contributed by atoms with van der Waals surface area (Å²) >= 11 is 0. The molecule has 1 aromatic rings. The number of hydrogen-bond acceptors (Lipinski definition) is 3. The zero-order chi connectivity index (χ0) is 13.1. The van der Waals surface area contributed by atoms with Crippen LogP contribution in [0.1, 0.15) is 18.9 Å². The number of aliphatic hydroxyl groups is 1. The van der Waals surface area contributed by atoms with E-state index in [1.54, 1.807) is 6.07 Å². The van der Waals surface area contributed by atoms with E-state index >= 15 is 0 Å². The Kier molecular flexibility index (Phi) is 4.19. The van der Waals surface area contributed by atoms with Gasteiger partial charge in [-0.2, -0.15) is 0 Å². The van der Waals surface area contributed by atoms with Gasteiger partial charge >= 0.3 is 0 Å². The first-order valence-electron chi connectivity index (χ1n) is 6.33. The molecule has 0 aliphatic carbocycles. The lowest BCUT2D eigenvalue weighted by atomic mass is 10.0. The van der Waals surface area contributed by atoms with E-state index in [1.807, 2.05) is 13.0 Å². The van der Waals surface area contributed by atoms with Crippen LogP contribution < -0.4 is 4.74 Å². The van der Waals surface area contributed by atoms with Crippen molar-refractivity contribution in [3.8, 4) is 5.75 Å². The first-order chi connectivity index (χ1) is 8.60. The maximum atomic E-state index is 13.5. The molecule has 0 saturated carbocycles. The lowest BCUT2D eigenvalue weighted by molar-refractivity contribution is 0.127. The minimum absolute atomic E-state index is 0.261. The summed E-state index contributed by atoms with van der Waals surface area (Å²) in [5.74, 6) is 0.302. The summed E-state index contributed by atoms with van der Waals surface area (Å²) in [5, 5.41) is 9.55. The smallest absolute Gasteiger partial charge is 0.165 e. The zero-order valence-corrected chi connectivity index (χ0v) is 10.9. The fraction of sp³-hybridized carbons (Fsp3) is 0.571. The third-order valence-electron chi connectivity index (χ3n) is 3.61. The van der Waals surface area contributed by atoms with E-state index in [2.05, 4.69) is 4.90 Å². The second-order valence-electron chi connectivity index (χ2n) is 4.99. The van der Waals surface area contributed by atoms with E-state index in [0.29, 0.717) is 5.92 Å². The average molecular weight is 253 g/mol. The number of halogens is 1. The van der Waals surface area contributed by atoms with Crippen LogP contribution in [0.25, 0.3) is 0 Å². The average Bonchev–Trinajstić information content (AvgIpc) is 2.78. The van der Waals surface area contributed by atoms with Gasteiger partial charge in [0.05, 0.1) is 13.2 Å². The van der Waals surface area contributed by atoms with Gasteiger partial charge in [0.1, 0.15) is 0 Å². The van der Waals surface area contributed by atoms with Crippen LogP contribution in [0.2, 0.25) is 0 Å². The molecule has 0 amide bonds. The van der Waals surface area contributed by atoms with Gasteiger partial charge in [-0.05, 0) is 43.5 Å². The standard InChI is InChI=1S/C14H20FNO2/c1-10(17)12-5-6-16(9-12)8-11-3-4-14(18-2)13(15)7-11/h3-4,7,10,12,17H,5-6,8-9H2,1-2H3. The van der Waals surface area contributed by atoms with Crippen LogP contribution in [-0.2, 0) is 6.54 Å². The first kappa shape index (κ1) is 13.3. The van der Waals surface area contributed by atoms with E-state index < -0.39 is 0 Å². The number of benzene rings is 1. The monoisotopic (exact) mass is 253 g/mol. The van der Waals surface area contributed by atoms with Crippen LogP contribution in [0.15, 0.2) is 18.2 Å². The number of methoxy groups -OCH3 is 1. The summed E-state index contributed by atoms with van der Waals surface area (Å²) in [7, 11) is 1.46. The molecule has 1 aromatic carbocycles. The summed E-state index contributed by atoms with van der Waals surface area (Å²) in [5.41, 5.74) is 0.944. The van der Waals surface area contributed by atoms with Gasteiger partial charge in [0, 0.05) is 13.1 Å². The number of hydrogen-bond donors (Lipinski definition) is 1. The Bertz CT molecular complexity index is 409. The molecule has 2 unspecified atom stereocenters. The number of likely N-dealkylation sites (tertiary alicyclic amines) is 1. The Balaban J connectivity index is 1.96. The van der Waals surface area contributed by atoms with Crippen LogP contribution >= 0.6 is 0 Å². The predicted octanol–water partition coefficient (Wildman–Crippen LogP) is 2.04. The van der Waals surface area contributed by atoms with Crippen molar-refractivity contribution in [1.82, 2.24) is 4.90 Å². The largest absolute Gasteiger partial charge is 0.494 e. The van der Waals surface area contributed by atoms with Crippen LogP contribution in [0.5, 0.6) is 5.75 Å². The van der Waals surface area contributed by atoms with Crippen molar-refractivity contribution in [1.29, 1.82) is 0 Å².